The van der Waals surface area contributed by atoms with Gasteiger partial charge in [-0.25, -0.2) is 18.6 Å². The Bertz CT molecular complexity index is 1250. The molecule has 1 aromatic heterocycles. The second kappa shape index (κ2) is 11.0. The number of aromatic nitrogens is 1. The lowest BCUT2D eigenvalue weighted by atomic mass is 9.72. The Labute approximate surface area is 224 Å². The molecule has 1 aliphatic heterocycles. The summed E-state index contributed by atoms with van der Waals surface area (Å²) in [4.78, 5) is 15.0. The third-order valence-corrected chi connectivity index (χ3v) is 7.53. The van der Waals surface area contributed by atoms with Crippen molar-refractivity contribution in [2.24, 2.45) is 11.8 Å². The number of hydrogen-bond acceptors (Lipinski definition) is 6. The fourth-order valence-electron chi connectivity index (χ4n) is 5.48. The molecule has 3 aromatic rings. The zero-order valence-electron chi connectivity index (χ0n) is 20.6. The maximum absolute atomic E-state index is 14.2. The highest BCUT2D eigenvalue weighted by Crippen LogP contribution is 2.49. The molecule has 1 unspecified atom stereocenters. The summed E-state index contributed by atoms with van der Waals surface area (Å²) in [6, 6.07) is 13.0. The van der Waals surface area contributed by atoms with Crippen molar-refractivity contribution in [3.05, 3.63) is 76.9 Å². The third kappa shape index (κ3) is 5.48. The summed E-state index contributed by atoms with van der Waals surface area (Å²) in [6.07, 6.45) is 6.72. The summed E-state index contributed by atoms with van der Waals surface area (Å²) in [5.41, 5.74) is 0.888. The van der Waals surface area contributed by atoms with Crippen LogP contribution in [0.25, 0.3) is 0 Å². The number of pyridine rings is 1. The van der Waals surface area contributed by atoms with Crippen LogP contribution in [-0.4, -0.2) is 29.3 Å². The Kier molecular flexibility index (Phi) is 7.56. The second-order valence-corrected chi connectivity index (χ2v) is 10.1. The highest BCUT2D eigenvalue weighted by Gasteiger charge is 2.49. The minimum absolute atomic E-state index is 0.160. The fraction of sp³-hybridized carbons (Fsp3) is 0.357. The van der Waals surface area contributed by atoms with E-state index in [1.54, 1.807) is 24.3 Å². The second-order valence-electron chi connectivity index (χ2n) is 9.71. The van der Waals surface area contributed by atoms with Crippen LogP contribution in [0.3, 0.4) is 0 Å². The van der Waals surface area contributed by atoms with E-state index >= 15 is 0 Å². The van der Waals surface area contributed by atoms with Crippen molar-refractivity contribution >= 4 is 28.9 Å². The minimum Gasteiger partial charge on any atom is -0.480 e. The van der Waals surface area contributed by atoms with E-state index in [-0.39, 0.29) is 18.4 Å². The Morgan fingerprint density at radius 1 is 1.03 bits per heavy atom. The van der Waals surface area contributed by atoms with Gasteiger partial charge in [0, 0.05) is 29.1 Å². The van der Waals surface area contributed by atoms with Gasteiger partial charge in [-0.1, -0.05) is 43.0 Å². The highest BCUT2D eigenvalue weighted by atomic mass is 35.5. The van der Waals surface area contributed by atoms with Crippen LogP contribution in [-0.2, 0) is 10.5 Å². The van der Waals surface area contributed by atoms with E-state index in [0.717, 1.165) is 37.7 Å². The van der Waals surface area contributed by atoms with Gasteiger partial charge in [0.2, 0.25) is 5.88 Å². The largest absolute Gasteiger partial charge is 0.480 e. The molecule has 1 aliphatic carbocycles. The van der Waals surface area contributed by atoms with Crippen molar-refractivity contribution in [1.29, 1.82) is 0 Å². The maximum atomic E-state index is 14.2. The van der Waals surface area contributed by atoms with Crippen molar-refractivity contribution < 1.29 is 28.2 Å². The van der Waals surface area contributed by atoms with Crippen molar-refractivity contribution in [2.75, 3.05) is 23.8 Å². The molecule has 0 amide bonds. The summed E-state index contributed by atoms with van der Waals surface area (Å²) in [6.45, 7) is -0.205. The fourth-order valence-corrected chi connectivity index (χ4v) is 5.60. The first kappa shape index (κ1) is 26.0. The number of rotatable bonds is 9. The predicted octanol–water partition coefficient (Wildman–Crippen LogP) is 6.44. The molecule has 2 aromatic carbocycles. The van der Waals surface area contributed by atoms with E-state index in [0.29, 0.717) is 28.0 Å². The predicted molar refractivity (Wildman–Crippen MR) is 140 cm³/mol. The number of hydrogen-bond donors (Lipinski definition) is 3. The third-order valence-electron chi connectivity index (χ3n) is 7.28. The van der Waals surface area contributed by atoms with Crippen LogP contribution in [0.1, 0.15) is 37.7 Å². The highest BCUT2D eigenvalue weighted by molar-refractivity contribution is 6.30. The molecule has 200 valence electrons. The van der Waals surface area contributed by atoms with Crippen LogP contribution in [0.2, 0.25) is 5.02 Å². The molecule has 0 spiro atoms. The smallest absolute Gasteiger partial charge is 0.341 e. The topological polar surface area (TPSA) is 92.7 Å². The SMILES string of the molecule is O=C(O)COc1ccc(OCC(C2CCCCC2)C2(c3ccc(Cl)cc3)Nc3cc(F)c(F)cc3N2)nc1. The van der Waals surface area contributed by atoms with Gasteiger partial charge in [-0.05, 0) is 42.5 Å². The molecule has 2 heterocycles. The molecule has 0 saturated heterocycles. The first-order chi connectivity index (χ1) is 18.3. The average Bonchev–Trinajstić information content (AvgIpc) is 3.28. The number of nitrogens with zero attached hydrogens (tertiary/aromatic N) is 1. The molecule has 0 bridgehead atoms. The lowest BCUT2D eigenvalue weighted by Gasteiger charge is -2.44. The van der Waals surface area contributed by atoms with Gasteiger partial charge in [0.15, 0.2) is 18.2 Å². The van der Waals surface area contributed by atoms with E-state index in [2.05, 4.69) is 15.6 Å². The van der Waals surface area contributed by atoms with Crippen LogP contribution >= 0.6 is 11.6 Å². The summed E-state index contributed by atoms with van der Waals surface area (Å²) in [7, 11) is 0. The molecule has 10 heteroatoms. The number of carboxylic acid groups (broad SMARTS) is 1. The number of aliphatic carboxylic acids is 1. The zero-order chi connectivity index (χ0) is 26.7. The van der Waals surface area contributed by atoms with E-state index in [4.69, 9.17) is 26.2 Å². The molecule has 38 heavy (non-hydrogen) atoms. The number of carboxylic acids is 1. The number of benzene rings is 2. The maximum Gasteiger partial charge on any atom is 0.341 e. The molecule has 5 rings (SSSR count). The first-order valence-corrected chi connectivity index (χ1v) is 13.0. The molecular formula is C28H28ClF2N3O4. The van der Waals surface area contributed by atoms with Crippen LogP contribution in [0, 0.1) is 23.5 Å². The van der Waals surface area contributed by atoms with Crippen LogP contribution < -0.4 is 20.1 Å². The van der Waals surface area contributed by atoms with Gasteiger partial charge in [0.05, 0.1) is 24.2 Å². The molecule has 3 N–H and O–H groups in total. The first-order valence-electron chi connectivity index (χ1n) is 12.6. The van der Waals surface area contributed by atoms with Crippen molar-refractivity contribution in [3.8, 4) is 11.6 Å². The molecular weight excluding hydrogens is 516 g/mol. The van der Waals surface area contributed by atoms with Crippen molar-refractivity contribution in [3.63, 3.8) is 0 Å². The number of halogens is 3. The summed E-state index contributed by atoms with van der Waals surface area (Å²) in [5, 5.41) is 16.4. The number of fused-ring (bicyclic) bond motifs is 1. The Balaban J connectivity index is 1.47. The van der Waals surface area contributed by atoms with Gasteiger partial charge in [0.1, 0.15) is 11.4 Å². The number of anilines is 2. The monoisotopic (exact) mass is 543 g/mol. The van der Waals surface area contributed by atoms with Crippen LogP contribution in [0.15, 0.2) is 54.7 Å². The quantitative estimate of drug-likeness (QED) is 0.286. The molecule has 0 radical (unpaired) electrons. The van der Waals surface area contributed by atoms with Crippen LogP contribution in [0.4, 0.5) is 20.2 Å². The summed E-state index contributed by atoms with van der Waals surface area (Å²) in [5.74, 6) is -2.17. The number of carbonyl (C=O) groups is 1. The van der Waals surface area contributed by atoms with Crippen molar-refractivity contribution in [1.82, 2.24) is 4.98 Å². The summed E-state index contributed by atoms with van der Waals surface area (Å²) >= 11 is 6.20. The van der Waals surface area contributed by atoms with Gasteiger partial charge < -0.3 is 25.2 Å². The molecule has 2 aliphatic rings. The zero-order valence-corrected chi connectivity index (χ0v) is 21.3. The molecule has 1 atom stereocenters. The molecule has 1 saturated carbocycles. The van der Waals surface area contributed by atoms with Gasteiger partial charge in [0.25, 0.3) is 0 Å². The Morgan fingerprint density at radius 2 is 1.68 bits per heavy atom. The van der Waals surface area contributed by atoms with E-state index < -0.39 is 29.9 Å². The number of nitrogens with one attached hydrogen (secondary N) is 2. The van der Waals surface area contributed by atoms with Gasteiger partial charge in [-0.15, -0.1) is 0 Å². The Hall–Kier alpha value is -3.59. The van der Waals surface area contributed by atoms with E-state index in [1.807, 2.05) is 12.1 Å². The van der Waals surface area contributed by atoms with E-state index in [1.165, 1.54) is 18.3 Å². The number of ether oxygens (including phenoxy) is 2. The van der Waals surface area contributed by atoms with Gasteiger partial charge in [-0.3, -0.25) is 0 Å². The standard InChI is InChI=1S/C28H28ClF2N3O4/c29-19-8-6-18(7-9-19)28(33-24-12-22(30)23(31)13-25(24)34-28)21(17-4-2-1-3-5-17)15-38-26-11-10-20(14-32-26)37-16-27(35)36/h6-14,17,21,33-34H,1-5,15-16H2,(H,35,36). The average molecular weight is 544 g/mol. The normalized spacial score (nSPS) is 17.1. The van der Waals surface area contributed by atoms with Gasteiger partial charge in [-0.2, -0.15) is 0 Å². The van der Waals surface area contributed by atoms with E-state index in [9.17, 15) is 13.6 Å². The van der Waals surface area contributed by atoms with Gasteiger partial charge >= 0.3 is 5.97 Å². The lowest BCUT2D eigenvalue weighted by molar-refractivity contribution is -0.139. The molecule has 1 fully saturated rings. The lowest BCUT2D eigenvalue weighted by Crippen LogP contribution is -2.51. The summed E-state index contributed by atoms with van der Waals surface area (Å²) < 4.78 is 39.8. The Morgan fingerprint density at radius 3 is 2.26 bits per heavy atom. The minimum atomic E-state index is -1.08. The molecule has 7 nitrogen and oxygen atoms in total. The van der Waals surface area contributed by atoms with Crippen molar-refractivity contribution in [2.45, 2.75) is 37.8 Å². The van der Waals surface area contributed by atoms with Crippen LogP contribution in [0.5, 0.6) is 11.6 Å².